The Hall–Kier alpha value is -2.69. The third kappa shape index (κ3) is 2.76. The zero-order chi connectivity index (χ0) is 14.8. The molecule has 0 saturated carbocycles. The number of nitrogens with zero attached hydrogens (tertiary/aromatic N) is 2. The van der Waals surface area contributed by atoms with E-state index in [1.807, 2.05) is 50.2 Å². The average molecular weight is 281 g/mol. The number of H-pyrrole nitrogens is 1. The molecule has 0 fully saturated rings. The first-order valence-corrected chi connectivity index (χ1v) is 6.67. The van der Waals surface area contributed by atoms with Gasteiger partial charge in [0.15, 0.2) is 0 Å². The molecule has 3 aromatic rings. The van der Waals surface area contributed by atoms with Gasteiger partial charge in [-0.05, 0) is 43.2 Å². The monoisotopic (exact) mass is 281 g/mol. The molecule has 0 amide bonds. The van der Waals surface area contributed by atoms with Crippen LogP contribution in [0.2, 0.25) is 0 Å². The molecule has 0 spiro atoms. The van der Waals surface area contributed by atoms with Gasteiger partial charge < -0.3 is 4.74 Å². The number of carbonyl (C=O) groups excluding carboxylic acids is 1. The van der Waals surface area contributed by atoms with Gasteiger partial charge in [-0.3, -0.25) is 0 Å². The molecule has 0 radical (unpaired) electrons. The Morgan fingerprint density at radius 1 is 1.10 bits per heavy atom. The Balaban J connectivity index is 1.74. The molecule has 1 heterocycles. The Bertz CT molecular complexity index is 808. The maximum atomic E-state index is 12.1. The lowest BCUT2D eigenvalue weighted by molar-refractivity contribution is 0.0472. The number of aromatic nitrogens is 3. The van der Waals surface area contributed by atoms with Crippen LogP contribution in [0.15, 0.2) is 36.4 Å². The highest BCUT2D eigenvalue weighted by atomic mass is 16.5. The van der Waals surface area contributed by atoms with E-state index < -0.39 is 0 Å². The van der Waals surface area contributed by atoms with Gasteiger partial charge >= 0.3 is 5.97 Å². The molecule has 0 aliphatic rings. The van der Waals surface area contributed by atoms with E-state index in [0.717, 1.165) is 27.7 Å². The zero-order valence-electron chi connectivity index (χ0n) is 11.9. The van der Waals surface area contributed by atoms with Crippen LogP contribution in [-0.4, -0.2) is 21.4 Å². The summed E-state index contributed by atoms with van der Waals surface area (Å²) in [6.45, 7) is 4.07. The van der Waals surface area contributed by atoms with Crippen molar-refractivity contribution in [2.45, 2.75) is 20.5 Å². The molecule has 0 aliphatic heterocycles. The minimum Gasteiger partial charge on any atom is -0.457 e. The molecule has 5 nitrogen and oxygen atoms in total. The third-order valence-electron chi connectivity index (χ3n) is 3.36. The van der Waals surface area contributed by atoms with Crippen molar-refractivity contribution < 1.29 is 9.53 Å². The summed E-state index contributed by atoms with van der Waals surface area (Å²) in [6, 6.07) is 11.3. The SMILES string of the molecule is Cc1ccc(C)c(C(=O)OCc2ccc3n[nH]nc3c2)c1. The standard InChI is InChI=1S/C16H15N3O2/c1-10-3-4-11(2)13(7-10)16(20)21-9-12-5-6-14-15(8-12)18-19-17-14/h3-8H,9H2,1-2H3,(H,17,18,19). The van der Waals surface area contributed by atoms with Crippen LogP contribution < -0.4 is 0 Å². The molecule has 1 N–H and O–H groups in total. The van der Waals surface area contributed by atoms with Gasteiger partial charge in [0.25, 0.3) is 0 Å². The highest BCUT2D eigenvalue weighted by molar-refractivity contribution is 5.91. The zero-order valence-corrected chi connectivity index (χ0v) is 11.9. The highest BCUT2D eigenvalue weighted by Gasteiger charge is 2.11. The lowest BCUT2D eigenvalue weighted by Gasteiger charge is -2.08. The molecule has 1 aromatic heterocycles. The van der Waals surface area contributed by atoms with E-state index in [4.69, 9.17) is 4.74 Å². The van der Waals surface area contributed by atoms with E-state index in [2.05, 4.69) is 15.4 Å². The van der Waals surface area contributed by atoms with Crippen LogP contribution >= 0.6 is 0 Å². The van der Waals surface area contributed by atoms with Crippen molar-refractivity contribution in [3.05, 3.63) is 58.7 Å². The lowest BCUT2D eigenvalue weighted by Crippen LogP contribution is -2.07. The fraction of sp³-hybridized carbons (Fsp3) is 0.188. The summed E-state index contributed by atoms with van der Waals surface area (Å²) in [6.07, 6.45) is 0. The fourth-order valence-electron chi connectivity index (χ4n) is 2.16. The van der Waals surface area contributed by atoms with Crippen molar-refractivity contribution in [2.75, 3.05) is 0 Å². The second-order valence-corrected chi connectivity index (χ2v) is 5.04. The number of fused-ring (bicyclic) bond motifs is 1. The number of aromatic amines is 1. The van der Waals surface area contributed by atoms with E-state index in [0.29, 0.717) is 5.56 Å². The Morgan fingerprint density at radius 2 is 1.90 bits per heavy atom. The number of nitrogens with one attached hydrogen (secondary N) is 1. The van der Waals surface area contributed by atoms with Gasteiger partial charge in [0.1, 0.15) is 17.6 Å². The minimum absolute atomic E-state index is 0.217. The predicted octanol–water partition coefficient (Wildman–Crippen LogP) is 2.93. The Labute approximate surface area is 121 Å². The van der Waals surface area contributed by atoms with Crippen molar-refractivity contribution in [1.82, 2.24) is 15.4 Å². The highest BCUT2D eigenvalue weighted by Crippen LogP contribution is 2.15. The Kier molecular flexibility index (Phi) is 3.39. The smallest absolute Gasteiger partial charge is 0.338 e. The second kappa shape index (κ2) is 5.36. The van der Waals surface area contributed by atoms with Gasteiger partial charge in [-0.2, -0.15) is 15.4 Å². The summed E-state index contributed by atoms with van der Waals surface area (Å²) in [4.78, 5) is 12.1. The molecule has 3 rings (SSSR count). The number of rotatable bonds is 3. The number of ether oxygens (including phenoxy) is 1. The number of carbonyl (C=O) groups is 1. The number of hydrogen-bond donors (Lipinski definition) is 1. The van der Waals surface area contributed by atoms with Crippen LogP contribution in [0.1, 0.15) is 27.0 Å². The normalized spacial score (nSPS) is 10.8. The number of benzene rings is 2. The molecule has 5 heteroatoms. The second-order valence-electron chi connectivity index (χ2n) is 5.04. The van der Waals surface area contributed by atoms with E-state index in [9.17, 15) is 4.79 Å². The van der Waals surface area contributed by atoms with Crippen LogP contribution in [0.4, 0.5) is 0 Å². The summed E-state index contributed by atoms with van der Waals surface area (Å²) in [5.41, 5.74) is 5.00. The molecular formula is C16H15N3O2. The summed E-state index contributed by atoms with van der Waals surface area (Å²) in [5, 5.41) is 10.6. The quantitative estimate of drug-likeness (QED) is 0.749. The summed E-state index contributed by atoms with van der Waals surface area (Å²) < 4.78 is 5.38. The predicted molar refractivity (Wildman–Crippen MR) is 78.9 cm³/mol. The van der Waals surface area contributed by atoms with Gasteiger partial charge in [0.2, 0.25) is 0 Å². The van der Waals surface area contributed by atoms with E-state index >= 15 is 0 Å². The molecule has 0 atom stereocenters. The molecule has 21 heavy (non-hydrogen) atoms. The van der Waals surface area contributed by atoms with E-state index in [1.54, 1.807) is 0 Å². The van der Waals surface area contributed by atoms with Gasteiger partial charge in [-0.15, -0.1) is 0 Å². The summed E-state index contributed by atoms with van der Waals surface area (Å²) in [5.74, 6) is -0.309. The topological polar surface area (TPSA) is 67.9 Å². The van der Waals surface area contributed by atoms with Crippen LogP contribution in [-0.2, 0) is 11.3 Å². The molecule has 0 bridgehead atoms. The first-order valence-electron chi connectivity index (χ1n) is 6.67. The van der Waals surface area contributed by atoms with Crippen LogP contribution in [0.25, 0.3) is 11.0 Å². The molecule has 2 aromatic carbocycles. The van der Waals surface area contributed by atoms with E-state index in [1.165, 1.54) is 0 Å². The van der Waals surface area contributed by atoms with Gasteiger partial charge in [-0.25, -0.2) is 4.79 Å². The van der Waals surface area contributed by atoms with Crippen molar-refractivity contribution in [3.8, 4) is 0 Å². The summed E-state index contributed by atoms with van der Waals surface area (Å²) in [7, 11) is 0. The maximum Gasteiger partial charge on any atom is 0.338 e. The van der Waals surface area contributed by atoms with Crippen molar-refractivity contribution in [3.63, 3.8) is 0 Å². The molecule has 0 aliphatic carbocycles. The maximum absolute atomic E-state index is 12.1. The lowest BCUT2D eigenvalue weighted by atomic mass is 10.1. The van der Waals surface area contributed by atoms with Crippen molar-refractivity contribution in [1.29, 1.82) is 0 Å². The Morgan fingerprint density at radius 3 is 2.76 bits per heavy atom. The summed E-state index contributed by atoms with van der Waals surface area (Å²) >= 11 is 0. The molecule has 106 valence electrons. The minimum atomic E-state index is -0.309. The van der Waals surface area contributed by atoms with Crippen LogP contribution in [0.5, 0.6) is 0 Å². The number of hydrogen-bond acceptors (Lipinski definition) is 4. The molecular weight excluding hydrogens is 266 g/mol. The first kappa shape index (κ1) is 13.3. The van der Waals surface area contributed by atoms with Crippen LogP contribution in [0, 0.1) is 13.8 Å². The van der Waals surface area contributed by atoms with Gasteiger partial charge in [0.05, 0.1) is 5.56 Å². The fourth-order valence-corrected chi connectivity index (χ4v) is 2.16. The van der Waals surface area contributed by atoms with Gasteiger partial charge in [-0.1, -0.05) is 23.8 Å². The van der Waals surface area contributed by atoms with Crippen molar-refractivity contribution in [2.24, 2.45) is 0 Å². The van der Waals surface area contributed by atoms with Crippen LogP contribution in [0.3, 0.4) is 0 Å². The number of aryl methyl sites for hydroxylation is 2. The average Bonchev–Trinajstić information content (AvgIpc) is 2.94. The molecule has 0 saturated heterocycles. The molecule has 0 unspecified atom stereocenters. The third-order valence-corrected chi connectivity index (χ3v) is 3.36. The number of esters is 1. The largest absolute Gasteiger partial charge is 0.457 e. The van der Waals surface area contributed by atoms with Crippen molar-refractivity contribution >= 4 is 17.0 Å². The first-order chi connectivity index (χ1) is 10.1. The van der Waals surface area contributed by atoms with E-state index in [-0.39, 0.29) is 12.6 Å². The van der Waals surface area contributed by atoms with Gasteiger partial charge in [0, 0.05) is 0 Å².